The molecule has 2 aliphatic heterocycles. The van der Waals surface area contributed by atoms with Crippen molar-refractivity contribution in [2.45, 2.75) is 25.3 Å². The number of rotatable bonds is 2. The second kappa shape index (κ2) is 6.45. The van der Waals surface area contributed by atoms with Gasteiger partial charge in [0.15, 0.2) is 5.17 Å². The predicted molar refractivity (Wildman–Crippen MR) is 105 cm³/mol. The van der Waals surface area contributed by atoms with Gasteiger partial charge in [0.2, 0.25) is 0 Å². The molecule has 0 atom stereocenters. The van der Waals surface area contributed by atoms with Gasteiger partial charge < -0.3 is 0 Å². The Morgan fingerprint density at radius 3 is 2.65 bits per heavy atom. The first-order chi connectivity index (χ1) is 12.4. The molecule has 1 amide bonds. The van der Waals surface area contributed by atoms with Crippen LogP contribution in [-0.4, -0.2) is 21.7 Å². The molecular weight excluding hydrogens is 368 g/mol. The summed E-state index contributed by atoms with van der Waals surface area (Å²) in [5, 5.41) is 12.2. The Hall–Kier alpha value is -2.31. The number of carbonyl (C=O) groups is 1. The molecule has 0 saturated heterocycles. The van der Waals surface area contributed by atoms with Gasteiger partial charge in [0.25, 0.3) is 5.91 Å². The van der Waals surface area contributed by atoms with E-state index in [-0.39, 0.29) is 5.91 Å². The summed E-state index contributed by atoms with van der Waals surface area (Å²) in [5.41, 5.74) is 1.02. The van der Waals surface area contributed by atoms with Crippen LogP contribution in [0, 0.1) is 0 Å². The first-order valence-electron chi connectivity index (χ1n) is 8.21. The number of halogens is 1. The van der Waals surface area contributed by atoms with Crippen LogP contribution in [0.2, 0.25) is 5.02 Å². The van der Waals surface area contributed by atoms with Crippen molar-refractivity contribution in [3.8, 4) is 0 Å². The average Bonchev–Trinajstić information content (AvgIpc) is 2.61. The average molecular weight is 385 g/mol. The highest BCUT2D eigenvalue weighted by Crippen LogP contribution is 2.28. The molecule has 2 aliphatic rings. The SMILES string of the molecule is CC1(C)N=c2ccccc2=C2C(=O)NC(SCc3ccc(Cl)cc3)=NN21. The highest BCUT2D eigenvalue weighted by atomic mass is 35.5. The van der Waals surface area contributed by atoms with Crippen LogP contribution in [0.15, 0.2) is 58.6 Å². The van der Waals surface area contributed by atoms with E-state index in [0.29, 0.717) is 21.6 Å². The number of fused-ring (bicyclic) bond motifs is 2. The van der Waals surface area contributed by atoms with Crippen LogP contribution in [0.1, 0.15) is 19.4 Å². The molecule has 2 aromatic carbocycles. The summed E-state index contributed by atoms with van der Waals surface area (Å²) in [6.07, 6.45) is 0. The van der Waals surface area contributed by atoms with Crippen molar-refractivity contribution in [1.29, 1.82) is 0 Å². The van der Waals surface area contributed by atoms with Gasteiger partial charge >= 0.3 is 0 Å². The fourth-order valence-electron chi connectivity index (χ4n) is 2.96. The van der Waals surface area contributed by atoms with Crippen molar-refractivity contribution in [3.05, 3.63) is 69.7 Å². The van der Waals surface area contributed by atoms with Gasteiger partial charge in [0, 0.05) is 16.0 Å². The first kappa shape index (κ1) is 17.1. The van der Waals surface area contributed by atoms with E-state index < -0.39 is 5.66 Å². The third-order valence-corrected chi connectivity index (χ3v) is 5.39. The maximum atomic E-state index is 12.8. The second-order valence-electron chi connectivity index (χ2n) is 6.56. The number of hydrazone groups is 1. The van der Waals surface area contributed by atoms with Gasteiger partial charge in [-0.3, -0.25) is 15.1 Å². The number of carbonyl (C=O) groups excluding carboxylic acids is 1. The number of thioether (sulfide) groups is 1. The van der Waals surface area contributed by atoms with Gasteiger partial charge in [-0.2, -0.15) is 0 Å². The summed E-state index contributed by atoms with van der Waals surface area (Å²) in [7, 11) is 0. The van der Waals surface area contributed by atoms with E-state index in [1.54, 1.807) is 5.01 Å². The Kier molecular flexibility index (Phi) is 4.25. The predicted octanol–water partition coefficient (Wildman–Crippen LogP) is 2.45. The third kappa shape index (κ3) is 3.10. The molecule has 0 fully saturated rings. The molecule has 4 rings (SSSR count). The lowest BCUT2D eigenvalue weighted by Gasteiger charge is -2.38. The zero-order chi connectivity index (χ0) is 18.3. The Bertz CT molecular complexity index is 1030. The maximum Gasteiger partial charge on any atom is 0.276 e. The van der Waals surface area contributed by atoms with Crippen LogP contribution in [0.3, 0.4) is 0 Å². The maximum absolute atomic E-state index is 12.8. The monoisotopic (exact) mass is 384 g/mol. The van der Waals surface area contributed by atoms with E-state index in [2.05, 4.69) is 10.4 Å². The number of amidine groups is 1. The van der Waals surface area contributed by atoms with E-state index in [0.717, 1.165) is 16.1 Å². The number of hydrogen-bond donors (Lipinski definition) is 1. The lowest BCUT2D eigenvalue weighted by Crippen LogP contribution is -2.56. The molecule has 5 nitrogen and oxygen atoms in total. The summed E-state index contributed by atoms with van der Waals surface area (Å²) in [5.74, 6) is 0.530. The molecule has 2 aromatic rings. The number of nitrogens with zero attached hydrogens (tertiary/aromatic N) is 3. The summed E-state index contributed by atoms with van der Waals surface area (Å²) in [4.78, 5) is 17.6. The van der Waals surface area contributed by atoms with Crippen molar-refractivity contribution in [2.24, 2.45) is 10.1 Å². The van der Waals surface area contributed by atoms with Crippen molar-refractivity contribution in [3.63, 3.8) is 0 Å². The van der Waals surface area contributed by atoms with Gasteiger partial charge in [-0.25, -0.2) is 5.01 Å². The van der Waals surface area contributed by atoms with E-state index in [1.165, 1.54) is 11.8 Å². The molecule has 0 unspecified atom stereocenters. The first-order valence-corrected chi connectivity index (χ1v) is 9.57. The lowest BCUT2D eigenvalue weighted by atomic mass is 10.1. The third-order valence-electron chi connectivity index (χ3n) is 4.20. The number of hydrogen-bond acceptors (Lipinski definition) is 5. The van der Waals surface area contributed by atoms with Crippen molar-refractivity contribution >= 4 is 40.1 Å². The molecule has 26 heavy (non-hydrogen) atoms. The molecule has 1 N–H and O–H groups in total. The van der Waals surface area contributed by atoms with Gasteiger partial charge in [0.05, 0.1) is 5.36 Å². The largest absolute Gasteiger partial charge is 0.298 e. The Balaban J connectivity index is 1.68. The normalized spacial score (nSPS) is 17.7. The van der Waals surface area contributed by atoms with Crippen LogP contribution in [0.4, 0.5) is 0 Å². The molecule has 2 heterocycles. The summed E-state index contributed by atoms with van der Waals surface area (Å²) < 4.78 is 0. The molecule has 0 radical (unpaired) electrons. The van der Waals surface area contributed by atoms with Crippen molar-refractivity contribution in [1.82, 2.24) is 10.3 Å². The van der Waals surface area contributed by atoms with Crippen LogP contribution >= 0.6 is 23.4 Å². The minimum absolute atomic E-state index is 0.158. The van der Waals surface area contributed by atoms with Crippen LogP contribution < -0.4 is 15.9 Å². The van der Waals surface area contributed by atoms with Gasteiger partial charge in [-0.15, -0.1) is 5.10 Å². The number of benzene rings is 2. The zero-order valence-electron chi connectivity index (χ0n) is 14.4. The van der Waals surface area contributed by atoms with Crippen LogP contribution in [0.25, 0.3) is 5.70 Å². The Morgan fingerprint density at radius 2 is 1.88 bits per heavy atom. The lowest BCUT2D eigenvalue weighted by molar-refractivity contribution is -0.116. The van der Waals surface area contributed by atoms with E-state index in [4.69, 9.17) is 16.6 Å². The summed E-state index contributed by atoms with van der Waals surface area (Å²) >= 11 is 7.40. The minimum atomic E-state index is -0.631. The Labute approximate surface area is 160 Å². The standard InChI is InChI=1S/C19H17ClN4OS/c1-19(2)22-15-6-4-3-5-14(15)16-17(25)21-18(23-24(16)19)26-11-12-7-9-13(20)10-8-12/h3-10H,11H2,1-2H3,(H,21,23,25). The molecule has 0 aromatic heterocycles. The number of nitrogens with one attached hydrogen (secondary N) is 1. The highest BCUT2D eigenvalue weighted by molar-refractivity contribution is 8.13. The van der Waals surface area contributed by atoms with Crippen molar-refractivity contribution < 1.29 is 4.79 Å². The zero-order valence-corrected chi connectivity index (χ0v) is 15.9. The minimum Gasteiger partial charge on any atom is -0.298 e. The van der Waals surface area contributed by atoms with E-state index in [9.17, 15) is 4.79 Å². The highest BCUT2D eigenvalue weighted by Gasteiger charge is 2.38. The van der Waals surface area contributed by atoms with E-state index >= 15 is 0 Å². The smallest absolute Gasteiger partial charge is 0.276 e. The fraction of sp³-hybridized carbons (Fsp3) is 0.211. The number of amides is 1. The van der Waals surface area contributed by atoms with Gasteiger partial charge in [0.1, 0.15) is 11.4 Å². The van der Waals surface area contributed by atoms with Crippen molar-refractivity contribution in [2.75, 3.05) is 0 Å². The topological polar surface area (TPSA) is 57.1 Å². The van der Waals surface area contributed by atoms with E-state index in [1.807, 2.05) is 62.4 Å². The molecule has 0 saturated carbocycles. The fourth-order valence-corrected chi connectivity index (χ4v) is 3.89. The van der Waals surface area contributed by atoms with Gasteiger partial charge in [-0.05, 0) is 37.6 Å². The Morgan fingerprint density at radius 1 is 1.15 bits per heavy atom. The summed E-state index contributed by atoms with van der Waals surface area (Å²) in [6.45, 7) is 3.90. The molecule has 0 spiro atoms. The molecule has 7 heteroatoms. The molecular formula is C19H17ClN4OS. The quantitative estimate of drug-likeness (QED) is 0.865. The molecule has 0 bridgehead atoms. The van der Waals surface area contributed by atoms with Gasteiger partial charge in [-0.1, -0.05) is 53.7 Å². The number of para-hydroxylation sites is 1. The van der Waals surface area contributed by atoms with Crippen LogP contribution in [0.5, 0.6) is 0 Å². The summed E-state index contributed by atoms with van der Waals surface area (Å²) in [6, 6.07) is 15.3. The molecule has 132 valence electrons. The molecule has 0 aliphatic carbocycles. The van der Waals surface area contributed by atoms with Crippen LogP contribution in [-0.2, 0) is 10.5 Å². The second-order valence-corrected chi connectivity index (χ2v) is 7.96.